The van der Waals surface area contributed by atoms with Crippen LogP contribution in [0.5, 0.6) is 0 Å². The van der Waals surface area contributed by atoms with Gasteiger partial charge in [-0.15, -0.1) is 0 Å². The zero-order valence-corrected chi connectivity index (χ0v) is 20.3. The summed E-state index contributed by atoms with van der Waals surface area (Å²) in [7, 11) is 0. The van der Waals surface area contributed by atoms with Gasteiger partial charge in [-0.2, -0.15) is 0 Å². The van der Waals surface area contributed by atoms with Gasteiger partial charge in [0.25, 0.3) is 0 Å². The molecule has 4 aromatic rings. The van der Waals surface area contributed by atoms with E-state index in [4.69, 9.17) is 11.2 Å². The van der Waals surface area contributed by atoms with E-state index in [1.165, 1.54) is 26.4 Å². The maximum atomic E-state index is 8.12. The minimum absolute atomic E-state index is 0.926. The summed E-state index contributed by atoms with van der Waals surface area (Å²) in [5, 5.41) is 3.72. The van der Waals surface area contributed by atoms with E-state index in [1.54, 1.807) is 11.8 Å². The van der Waals surface area contributed by atoms with Crippen LogP contribution < -0.4 is 15.9 Å². The summed E-state index contributed by atoms with van der Waals surface area (Å²) in [6, 6.07) is 41.2. The van der Waals surface area contributed by atoms with E-state index in [9.17, 15) is 0 Å². The third-order valence-electron chi connectivity index (χ3n) is 6.09. The molecule has 0 aliphatic carbocycles. The first-order valence-corrected chi connectivity index (χ1v) is 15.2. The Balaban J connectivity index is 1.80. The molecule has 3 heteroatoms. The van der Waals surface area contributed by atoms with Gasteiger partial charge < -0.3 is 0 Å². The van der Waals surface area contributed by atoms with Crippen molar-refractivity contribution in [3.8, 4) is 0 Å². The Hall–Kier alpha value is -2.05. The average molecular weight is 463 g/mol. The van der Waals surface area contributed by atoms with Crippen molar-refractivity contribution in [1.82, 2.24) is 0 Å². The predicted octanol–water partition coefficient (Wildman–Crippen LogP) is 7.02. The van der Waals surface area contributed by atoms with Crippen molar-refractivity contribution >= 4 is 44.9 Å². The standard InChI is InChI=1S/C28H28ClPS/c1-31-28-21-19-24(20-22-28)12-11-23-30(29,25-13-5-2-6-14-25,26-15-7-3-8-16-26)27-17-9-4-10-18-27/h2-10,13-22H,11-12,23H2,1H3. The predicted molar refractivity (Wildman–Crippen MR) is 142 cm³/mol. The van der Waals surface area contributed by atoms with Gasteiger partial charge in [0.1, 0.15) is 0 Å². The zero-order valence-electron chi connectivity index (χ0n) is 17.8. The van der Waals surface area contributed by atoms with Crippen LogP contribution >= 0.6 is 29.0 Å². The van der Waals surface area contributed by atoms with Gasteiger partial charge in [-0.1, -0.05) is 0 Å². The molecule has 158 valence electrons. The van der Waals surface area contributed by atoms with Gasteiger partial charge in [0.05, 0.1) is 0 Å². The Bertz CT molecular complexity index is 997. The van der Waals surface area contributed by atoms with Crippen molar-refractivity contribution in [1.29, 1.82) is 0 Å². The fraction of sp³-hybridized carbons (Fsp3) is 0.143. The number of benzene rings is 4. The van der Waals surface area contributed by atoms with Crippen LogP contribution in [0.4, 0.5) is 0 Å². The molecule has 0 aliphatic rings. The molecule has 0 bridgehead atoms. The first-order chi connectivity index (χ1) is 15.1. The molecule has 31 heavy (non-hydrogen) atoms. The molecule has 0 aromatic heterocycles. The number of hydrogen-bond donors (Lipinski definition) is 0. The number of rotatable bonds is 8. The number of halogens is 1. The molecule has 4 aromatic carbocycles. The van der Waals surface area contributed by atoms with Gasteiger partial charge in [-0.25, -0.2) is 0 Å². The number of hydrogen-bond acceptors (Lipinski definition) is 1. The normalized spacial score (nSPS) is 12.8. The van der Waals surface area contributed by atoms with E-state index in [0.29, 0.717) is 0 Å². The molecule has 0 fully saturated rings. The van der Waals surface area contributed by atoms with Gasteiger partial charge in [-0.05, 0) is 0 Å². The summed E-state index contributed by atoms with van der Waals surface area (Å²) in [5.41, 5.74) is 1.37. The number of aryl methyl sites for hydroxylation is 1. The topological polar surface area (TPSA) is 0 Å². The second kappa shape index (κ2) is 9.61. The van der Waals surface area contributed by atoms with Crippen LogP contribution in [-0.4, -0.2) is 12.4 Å². The molecule has 0 heterocycles. The quantitative estimate of drug-likeness (QED) is 0.200. The molecular weight excluding hydrogens is 435 g/mol. The molecule has 0 saturated heterocycles. The molecule has 0 amide bonds. The van der Waals surface area contributed by atoms with E-state index in [0.717, 1.165) is 19.0 Å². The maximum absolute atomic E-state index is 8.12. The Kier molecular flexibility index (Phi) is 6.87. The van der Waals surface area contributed by atoms with Crippen LogP contribution in [0.1, 0.15) is 12.0 Å². The second-order valence-electron chi connectivity index (χ2n) is 7.86. The average Bonchev–Trinajstić information content (AvgIpc) is 2.86. The van der Waals surface area contributed by atoms with Gasteiger partial charge in [0, 0.05) is 0 Å². The Morgan fingerprint density at radius 2 is 1.03 bits per heavy atom. The second-order valence-corrected chi connectivity index (χ2v) is 15.3. The Labute approximate surface area is 195 Å². The van der Waals surface area contributed by atoms with Gasteiger partial charge in [0.2, 0.25) is 0 Å². The summed E-state index contributed by atoms with van der Waals surface area (Å²) in [6.07, 6.45) is 5.09. The molecular formula is C28H28ClPS. The summed E-state index contributed by atoms with van der Waals surface area (Å²) in [5.74, 6) is -3.14. The molecule has 0 unspecified atom stereocenters. The monoisotopic (exact) mass is 462 g/mol. The SMILES string of the molecule is CSc1ccc(CCCP(Cl)(c2ccccc2)(c2ccccc2)c2ccccc2)cc1. The van der Waals surface area contributed by atoms with Crippen molar-refractivity contribution in [2.75, 3.05) is 12.4 Å². The third-order valence-corrected chi connectivity index (χ3v) is 14.4. The molecule has 0 radical (unpaired) electrons. The van der Waals surface area contributed by atoms with E-state index in [-0.39, 0.29) is 0 Å². The first-order valence-electron chi connectivity index (χ1n) is 10.7. The molecule has 4 rings (SSSR count). The van der Waals surface area contributed by atoms with Crippen LogP contribution in [0, 0.1) is 0 Å². The molecule has 0 nitrogen and oxygen atoms in total. The number of thioether (sulfide) groups is 1. The summed E-state index contributed by atoms with van der Waals surface area (Å²) < 4.78 is 0. The van der Waals surface area contributed by atoms with E-state index < -0.39 is 5.96 Å². The minimum atomic E-state index is -3.14. The summed E-state index contributed by atoms with van der Waals surface area (Å²) in [6.45, 7) is 0. The van der Waals surface area contributed by atoms with Gasteiger partial charge in [-0.3, -0.25) is 0 Å². The molecule has 0 saturated carbocycles. The van der Waals surface area contributed by atoms with Crippen LogP contribution in [0.3, 0.4) is 0 Å². The molecule has 0 aliphatic heterocycles. The van der Waals surface area contributed by atoms with Gasteiger partial charge in [0.15, 0.2) is 0 Å². The summed E-state index contributed by atoms with van der Waals surface area (Å²) >= 11 is 9.90. The van der Waals surface area contributed by atoms with Crippen molar-refractivity contribution in [3.63, 3.8) is 0 Å². The fourth-order valence-electron chi connectivity index (χ4n) is 4.42. The van der Waals surface area contributed by atoms with Gasteiger partial charge >= 0.3 is 196 Å². The van der Waals surface area contributed by atoms with Crippen molar-refractivity contribution < 1.29 is 0 Å². The van der Waals surface area contributed by atoms with Crippen molar-refractivity contribution in [2.45, 2.75) is 17.7 Å². The van der Waals surface area contributed by atoms with E-state index in [2.05, 4.69) is 122 Å². The molecule has 0 spiro atoms. The molecule has 0 atom stereocenters. The molecule has 0 N–H and O–H groups in total. The first kappa shape index (κ1) is 22.2. The Morgan fingerprint density at radius 1 is 0.613 bits per heavy atom. The van der Waals surface area contributed by atoms with Crippen LogP contribution in [0.15, 0.2) is 120 Å². The zero-order chi connectivity index (χ0) is 21.6. The van der Waals surface area contributed by atoms with E-state index >= 15 is 0 Å². The van der Waals surface area contributed by atoms with Crippen molar-refractivity contribution in [3.05, 3.63) is 121 Å². The Morgan fingerprint density at radius 3 is 1.42 bits per heavy atom. The van der Waals surface area contributed by atoms with Crippen molar-refractivity contribution in [2.24, 2.45) is 0 Å². The van der Waals surface area contributed by atoms with E-state index in [1.807, 2.05) is 0 Å². The fourth-order valence-corrected chi connectivity index (χ4v) is 11.0. The van der Waals surface area contributed by atoms with Crippen LogP contribution in [0.25, 0.3) is 0 Å². The summed E-state index contributed by atoms with van der Waals surface area (Å²) in [4.78, 5) is 1.30. The van der Waals surface area contributed by atoms with Crippen LogP contribution in [-0.2, 0) is 6.42 Å². The van der Waals surface area contributed by atoms with Crippen LogP contribution in [0.2, 0.25) is 0 Å². The third kappa shape index (κ3) is 4.33.